The molecular formula is C28H31IN6O. The van der Waals surface area contributed by atoms with E-state index in [1.54, 1.807) is 0 Å². The van der Waals surface area contributed by atoms with Gasteiger partial charge in [0.05, 0.1) is 6.54 Å². The fourth-order valence-corrected chi connectivity index (χ4v) is 6.59. The van der Waals surface area contributed by atoms with E-state index < -0.39 is 0 Å². The van der Waals surface area contributed by atoms with Crippen molar-refractivity contribution in [2.24, 2.45) is 5.73 Å². The maximum Gasteiger partial charge on any atom is 0.243 e. The maximum absolute atomic E-state index is 13.3. The van der Waals surface area contributed by atoms with Gasteiger partial charge in [-0.25, -0.2) is 0 Å². The van der Waals surface area contributed by atoms with Crippen LogP contribution in [0.4, 0.5) is 0 Å². The van der Waals surface area contributed by atoms with E-state index in [0.29, 0.717) is 26.1 Å². The summed E-state index contributed by atoms with van der Waals surface area (Å²) in [7, 11) is 0. The summed E-state index contributed by atoms with van der Waals surface area (Å²) in [5.41, 5.74) is 11.3. The summed E-state index contributed by atoms with van der Waals surface area (Å²) in [6, 6.07) is 17.4. The summed E-state index contributed by atoms with van der Waals surface area (Å²) in [4.78, 5) is 18.7. The molecule has 1 amide bonds. The maximum atomic E-state index is 13.3. The zero-order chi connectivity index (χ0) is 24.7. The lowest BCUT2D eigenvalue weighted by Crippen LogP contribution is -2.50. The molecule has 1 saturated carbocycles. The predicted molar refractivity (Wildman–Crippen MR) is 149 cm³/mol. The van der Waals surface area contributed by atoms with Crippen LogP contribution in [-0.4, -0.2) is 43.1 Å². The van der Waals surface area contributed by atoms with Crippen LogP contribution in [0.3, 0.4) is 0 Å². The molecule has 0 saturated heterocycles. The number of rotatable bonds is 6. The standard InChI is InChI=1S/C28H31IN6O/c29-14-19-4-3-5-21(12-19)28(18-30)10-8-22(9-11-28)34-16-26-33-32-25(35(26)17-27(34)36)13-20-15-31-24-7-2-1-6-23(20)24/h1-7,12,15,22,31H,8-11,13-14,16-18,30H2/t22-,28-. The first-order valence-corrected chi connectivity index (χ1v) is 14.2. The number of carbonyl (C=O) groups excluding carboxylic acids is 1. The molecule has 1 aliphatic heterocycles. The van der Waals surface area contributed by atoms with Crippen LogP contribution in [0, 0.1) is 0 Å². The smallest absolute Gasteiger partial charge is 0.243 e. The van der Waals surface area contributed by atoms with Gasteiger partial charge in [-0.1, -0.05) is 65.1 Å². The van der Waals surface area contributed by atoms with Gasteiger partial charge in [0.15, 0.2) is 5.82 Å². The van der Waals surface area contributed by atoms with E-state index in [1.165, 1.54) is 22.1 Å². The van der Waals surface area contributed by atoms with Crippen molar-refractivity contribution >= 4 is 39.4 Å². The normalized spacial score (nSPS) is 22.2. The fourth-order valence-electron chi connectivity index (χ4n) is 6.11. The summed E-state index contributed by atoms with van der Waals surface area (Å²) in [5, 5.41) is 10.2. The molecule has 186 valence electrons. The van der Waals surface area contributed by atoms with Crippen LogP contribution >= 0.6 is 22.6 Å². The zero-order valence-electron chi connectivity index (χ0n) is 20.3. The molecule has 36 heavy (non-hydrogen) atoms. The lowest BCUT2D eigenvalue weighted by molar-refractivity contribution is -0.138. The van der Waals surface area contributed by atoms with E-state index in [4.69, 9.17) is 5.73 Å². The van der Waals surface area contributed by atoms with Crippen molar-refractivity contribution in [1.82, 2.24) is 24.6 Å². The summed E-state index contributed by atoms with van der Waals surface area (Å²) < 4.78 is 3.02. The van der Waals surface area contributed by atoms with Crippen LogP contribution in [0.1, 0.15) is 54.0 Å². The van der Waals surface area contributed by atoms with Crippen molar-refractivity contribution in [1.29, 1.82) is 0 Å². The summed E-state index contributed by atoms with van der Waals surface area (Å²) in [6.07, 6.45) is 6.62. The van der Waals surface area contributed by atoms with Gasteiger partial charge in [0, 0.05) is 45.9 Å². The Labute approximate surface area is 224 Å². The number of para-hydroxylation sites is 1. The second kappa shape index (κ2) is 9.63. The number of nitrogens with zero attached hydrogens (tertiary/aromatic N) is 4. The Morgan fingerprint density at radius 1 is 1.08 bits per heavy atom. The van der Waals surface area contributed by atoms with Crippen molar-refractivity contribution in [2.75, 3.05) is 6.54 Å². The molecule has 6 rings (SSSR count). The number of halogens is 1. The number of nitrogens with two attached hydrogens (primary N) is 1. The molecule has 0 spiro atoms. The third-order valence-corrected chi connectivity index (χ3v) is 9.17. The number of H-pyrrole nitrogens is 1. The van der Waals surface area contributed by atoms with E-state index in [0.717, 1.165) is 47.3 Å². The van der Waals surface area contributed by atoms with E-state index in [2.05, 4.69) is 74.2 Å². The van der Waals surface area contributed by atoms with Gasteiger partial charge in [-0.05, 0) is 48.4 Å². The molecule has 2 aromatic heterocycles. The predicted octanol–water partition coefficient (Wildman–Crippen LogP) is 4.47. The number of alkyl halides is 1. The summed E-state index contributed by atoms with van der Waals surface area (Å²) >= 11 is 2.41. The largest absolute Gasteiger partial charge is 0.361 e. The molecule has 0 unspecified atom stereocenters. The number of fused-ring (bicyclic) bond motifs is 2. The number of aromatic nitrogens is 4. The molecule has 1 aliphatic carbocycles. The van der Waals surface area contributed by atoms with Crippen LogP contribution < -0.4 is 5.73 Å². The molecule has 8 heteroatoms. The quantitative estimate of drug-likeness (QED) is 0.255. The average Bonchev–Trinajstić information content (AvgIpc) is 3.52. The van der Waals surface area contributed by atoms with Crippen LogP contribution in [0.5, 0.6) is 0 Å². The first kappa shape index (κ1) is 23.7. The molecule has 7 nitrogen and oxygen atoms in total. The minimum atomic E-state index is 0.00365. The topological polar surface area (TPSA) is 92.8 Å². The summed E-state index contributed by atoms with van der Waals surface area (Å²) in [5.74, 6) is 1.90. The highest BCUT2D eigenvalue weighted by molar-refractivity contribution is 14.1. The van der Waals surface area contributed by atoms with E-state index in [-0.39, 0.29) is 17.4 Å². The Balaban J connectivity index is 1.17. The number of aromatic amines is 1. The Morgan fingerprint density at radius 2 is 1.92 bits per heavy atom. The molecular weight excluding hydrogens is 563 g/mol. The number of benzene rings is 2. The van der Waals surface area contributed by atoms with Gasteiger partial charge >= 0.3 is 0 Å². The van der Waals surface area contributed by atoms with E-state index in [1.807, 2.05) is 27.8 Å². The Hall–Kier alpha value is -2.72. The van der Waals surface area contributed by atoms with Crippen molar-refractivity contribution < 1.29 is 4.79 Å². The molecule has 0 radical (unpaired) electrons. The minimum absolute atomic E-state index is 0.00365. The zero-order valence-corrected chi connectivity index (χ0v) is 22.4. The highest BCUT2D eigenvalue weighted by Crippen LogP contribution is 2.41. The van der Waals surface area contributed by atoms with Gasteiger partial charge in [-0.2, -0.15) is 0 Å². The van der Waals surface area contributed by atoms with Crippen LogP contribution in [0.25, 0.3) is 10.9 Å². The highest BCUT2D eigenvalue weighted by Gasteiger charge is 2.40. The molecule has 2 aliphatic rings. The number of hydrogen-bond donors (Lipinski definition) is 2. The summed E-state index contributed by atoms with van der Waals surface area (Å²) in [6.45, 7) is 1.49. The Bertz CT molecular complexity index is 1400. The average molecular weight is 595 g/mol. The fraction of sp³-hybridized carbons (Fsp3) is 0.393. The van der Waals surface area contributed by atoms with E-state index in [9.17, 15) is 4.79 Å². The van der Waals surface area contributed by atoms with Crippen molar-refractivity contribution in [3.05, 3.63) is 83.1 Å². The van der Waals surface area contributed by atoms with E-state index >= 15 is 0 Å². The highest BCUT2D eigenvalue weighted by atomic mass is 127. The Kier molecular flexibility index (Phi) is 6.33. The van der Waals surface area contributed by atoms with Gasteiger partial charge in [-0.3, -0.25) is 4.79 Å². The second-order valence-corrected chi connectivity index (χ2v) is 11.0. The first-order valence-electron chi connectivity index (χ1n) is 12.7. The number of carbonyl (C=O) groups is 1. The minimum Gasteiger partial charge on any atom is -0.361 e. The van der Waals surface area contributed by atoms with Gasteiger partial charge in [0.25, 0.3) is 0 Å². The number of amides is 1. The van der Waals surface area contributed by atoms with Crippen LogP contribution in [0.15, 0.2) is 54.7 Å². The van der Waals surface area contributed by atoms with Crippen molar-refractivity contribution in [3.8, 4) is 0 Å². The monoisotopic (exact) mass is 594 g/mol. The van der Waals surface area contributed by atoms with Crippen LogP contribution in [-0.2, 0) is 34.1 Å². The SMILES string of the molecule is NC[C@]1(c2cccc(CI)c2)CC[C@H](N2Cc3nnc(Cc4c[nH]c5ccccc45)n3CC2=O)CC1. The first-order chi connectivity index (χ1) is 17.6. The lowest BCUT2D eigenvalue weighted by Gasteiger charge is -2.44. The molecule has 3 heterocycles. The molecule has 0 atom stereocenters. The number of hydrogen-bond acceptors (Lipinski definition) is 4. The van der Waals surface area contributed by atoms with Gasteiger partial charge in [0.2, 0.25) is 5.91 Å². The molecule has 4 aromatic rings. The number of nitrogens with one attached hydrogen (secondary N) is 1. The van der Waals surface area contributed by atoms with Gasteiger partial charge in [0.1, 0.15) is 12.4 Å². The molecule has 1 fully saturated rings. The van der Waals surface area contributed by atoms with Crippen molar-refractivity contribution in [3.63, 3.8) is 0 Å². The molecule has 0 bridgehead atoms. The third kappa shape index (κ3) is 4.14. The molecule has 2 aromatic carbocycles. The van der Waals surface area contributed by atoms with Crippen LogP contribution in [0.2, 0.25) is 0 Å². The third-order valence-electron chi connectivity index (χ3n) is 8.29. The van der Waals surface area contributed by atoms with Crippen molar-refractivity contribution in [2.45, 2.75) is 61.1 Å². The molecule has 3 N–H and O–H groups in total. The van der Waals surface area contributed by atoms with Gasteiger partial charge < -0.3 is 20.2 Å². The lowest BCUT2D eigenvalue weighted by atomic mass is 9.67. The van der Waals surface area contributed by atoms with Gasteiger partial charge in [-0.15, -0.1) is 10.2 Å². The second-order valence-electron chi connectivity index (χ2n) is 10.2. The Morgan fingerprint density at radius 3 is 2.72 bits per heavy atom.